The first-order valence-electron chi connectivity index (χ1n) is 37.4. The van der Waals surface area contributed by atoms with Crippen molar-refractivity contribution in [2.45, 2.75) is 151 Å². The van der Waals surface area contributed by atoms with Crippen LogP contribution in [0.3, 0.4) is 0 Å². The Balaban J connectivity index is 0.959. The molecule has 32 nitrogen and oxygen atoms in total. The summed E-state index contributed by atoms with van der Waals surface area (Å²) in [5.74, 6) is -8.51. The average Bonchev–Trinajstić information content (AvgIpc) is 1.73. The summed E-state index contributed by atoms with van der Waals surface area (Å²) in [6.45, 7) is 0.769. The third-order valence-corrected chi connectivity index (χ3v) is 19.8. The molecule has 5 aromatic heterocycles. The van der Waals surface area contributed by atoms with Crippen LogP contribution in [0.25, 0.3) is 54.5 Å². The highest BCUT2D eigenvalue weighted by Crippen LogP contribution is 2.26. The van der Waals surface area contributed by atoms with Crippen LogP contribution in [0.1, 0.15) is 92.0 Å². The van der Waals surface area contributed by atoms with E-state index in [-0.39, 0.29) is 102 Å². The van der Waals surface area contributed by atoms with Crippen molar-refractivity contribution in [1.29, 1.82) is 10.8 Å². The van der Waals surface area contributed by atoms with Gasteiger partial charge in [0.1, 0.15) is 48.3 Å². The minimum absolute atomic E-state index is 0.0205. The fraction of sp³-hybridized carbons (Fsp3) is 0.354. The fourth-order valence-corrected chi connectivity index (χ4v) is 13.8. The number of aromatic nitrogens is 5. The van der Waals surface area contributed by atoms with E-state index >= 15 is 24.0 Å². The molecular weight excluding hydrogens is 1420 g/mol. The maximum atomic E-state index is 15.7. The van der Waals surface area contributed by atoms with Crippen molar-refractivity contribution in [1.82, 2.24) is 78.1 Å². The van der Waals surface area contributed by atoms with Gasteiger partial charge in [-0.1, -0.05) is 97.4 Å². The smallest absolute Gasteiger partial charge is 0.326 e. The Labute approximate surface area is 639 Å². The Morgan fingerprint density at radius 2 is 0.559 bits per heavy atom. The van der Waals surface area contributed by atoms with Crippen molar-refractivity contribution in [2.24, 2.45) is 28.7 Å². The van der Waals surface area contributed by atoms with Gasteiger partial charge in [0.25, 0.3) is 0 Å². The minimum Gasteiger partial charge on any atom is -0.480 e. The Morgan fingerprint density at radius 1 is 0.324 bits per heavy atom. The standard InChI is InChI=1S/C79H100N22O10/c80-31-13-11-22-55(82)69(102)97-64(35-45-40-89-56-23-6-1-17-50(45)56)75(108)99-65(36-46-41-90-57-24-7-2-18-51(46)57)74(107)96-63(30-16-34-88-79(85)86)71(104)98-67(38-48-43-92-59-26-9-4-20-53(48)59)76(109)100-66(37-47-42-91-58-25-8-3-19-52(47)58)73(106)95-62(29-15-33-87-78(83)84)70(103)94-61(28-12-14-32-81)72(105)101-68(77(110)111)39-49-44-93-60-27-10-5-21-54(49)60/h1-10,17-21,23-27,40-44,55,61-68,89-93H,11-16,22,28-39,80-82H2,(H,94,103)(H,95,106)(H,96,107)(H,97,102)(H,98,104)(H,99,108)(H,100,109)(H,101,105)(H,110,111)(H4,83,84,87)(H4,85,86,88)/t55-,61-,62-,63-,64-,65-,66-,67-,68-/m0/s1. The molecule has 0 bridgehead atoms. The normalized spacial score (nSPS) is 13.9. The summed E-state index contributed by atoms with van der Waals surface area (Å²) in [5.41, 5.74) is 36.2. The molecule has 0 fully saturated rings. The van der Waals surface area contributed by atoms with E-state index in [0.717, 1.165) is 32.7 Å². The number of rotatable bonds is 43. The van der Waals surface area contributed by atoms with Crippen LogP contribution in [-0.2, 0) is 75.3 Å². The number of para-hydroxylation sites is 5. The van der Waals surface area contributed by atoms with E-state index in [4.69, 9.17) is 39.5 Å². The molecule has 10 aromatic rings. The maximum Gasteiger partial charge on any atom is 0.326 e. The van der Waals surface area contributed by atoms with Crippen molar-refractivity contribution in [3.05, 3.63) is 180 Å². The van der Waals surface area contributed by atoms with Gasteiger partial charge in [0.15, 0.2) is 11.9 Å². The molecule has 5 aromatic carbocycles. The number of unbranched alkanes of at least 4 members (excludes halogenated alkanes) is 2. The van der Waals surface area contributed by atoms with E-state index in [0.29, 0.717) is 81.9 Å². The van der Waals surface area contributed by atoms with Crippen LogP contribution in [0, 0.1) is 10.8 Å². The summed E-state index contributed by atoms with van der Waals surface area (Å²) in [4.78, 5) is 150. The molecule has 111 heavy (non-hydrogen) atoms. The lowest BCUT2D eigenvalue weighted by atomic mass is 9.99. The minimum atomic E-state index is -1.54. The molecule has 5 heterocycles. The topological polar surface area (TPSA) is 551 Å². The number of carbonyl (C=O) groups excluding carboxylic acids is 8. The van der Waals surface area contributed by atoms with E-state index in [2.05, 4.69) is 78.1 Å². The Morgan fingerprint density at radius 3 is 0.838 bits per heavy atom. The number of aromatic amines is 5. The molecule has 32 heteroatoms. The maximum absolute atomic E-state index is 15.7. The Bertz CT molecular complexity index is 4900. The third kappa shape index (κ3) is 22.3. The lowest BCUT2D eigenvalue weighted by Crippen LogP contribution is -2.61. The number of carboxylic acid groups (broad SMARTS) is 1. The number of hydrogen-bond acceptors (Lipinski definition) is 14. The van der Waals surface area contributed by atoms with Crippen molar-refractivity contribution < 1.29 is 48.3 Å². The van der Waals surface area contributed by atoms with E-state index in [9.17, 15) is 24.3 Å². The van der Waals surface area contributed by atoms with E-state index < -0.39 is 108 Å². The zero-order valence-electron chi connectivity index (χ0n) is 61.6. The van der Waals surface area contributed by atoms with Gasteiger partial charge >= 0.3 is 5.97 Å². The largest absolute Gasteiger partial charge is 0.480 e. The molecule has 0 radical (unpaired) electrons. The predicted molar refractivity (Wildman–Crippen MR) is 425 cm³/mol. The van der Waals surface area contributed by atoms with Gasteiger partial charge in [-0.2, -0.15) is 0 Å². The summed E-state index contributed by atoms with van der Waals surface area (Å²) >= 11 is 0. The van der Waals surface area contributed by atoms with Gasteiger partial charge in [-0.3, -0.25) is 49.2 Å². The fourth-order valence-electron chi connectivity index (χ4n) is 13.8. The first kappa shape index (κ1) is 81.0. The molecule has 0 unspecified atom stereocenters. The van der Waals surface area contributed by atoms with Gasteiger partial charge in [-0.05, 0) is 129 Å². The second kappa shape index (κ2) is 39.5. The molecule has 0 saturated carbocycles. The highest BCUT2D eigenvalue weighted by atomic mass is 16.4. The van der Waals surface area contributed by atoms with Crippen LogP contribution < -0.4 is 81.8 Å². The van der Waals surface area contributed by atoms with Crippen LogP contribution in [-0.4, -0.2) is 176 Å². The number of nitrogens with one attached hydrogen (secondary N) is 17. The predicted octanol–water partition coefficient (Wildman–Crippen LogP) is 2.68. The quantitative estimate of drug-likeness (QED) is 0.0148. The number of carbonyl (C=O) groups is 9. The van der Waals surface area contributed by atoms with Crippen molar-refractivity contribution in [3.63, 3.8) is 0 Å². The van der Waals surface area contributed by atoms with Crippen LogP contribution in [0.4, 0.5) is 0 Å². The van der Waals surface area contributed by atoms with Crippen LogP contribution >= 0.6 is 0 Å². The molecule has 28 N–H and O–H groups in total. The lowest BCUT2D eigenvalue weighted by molar-refractivity contribution is -0.142. The number of H-pyrrole nitrogens is 5. The number of hydrogen-bond donors (Lipinski definition) is 23. The van der Waals surface area contributed by atoms with Crippen molar-refractivity contribution >= 4 is 120 Å². The van der Waals surface area contributed by atoms with E-state index in [1.807, 2.05) is 109 Å². The summed E-state index contributed by atoms with van der Waals surface area (Å²) < 4.78 is 0. The number of amides is 8. The van der Waals surface area contributed by atoms with E-state index in [1.165, 1.54) is 0 Å². The highest BCUT2D eigenvalue weighted by molar-refractivity contribution is 6.00. The zero-order chi connectivity index (χ0) is 78.9. The van der Waals surface area contributed by atoms with Gasteiger partial charge in [0.2, 0.25) is 47.3 Å². The molecule has 8 amide bonds. The monoisotopic (exact) mass is 1520 g/mol. The van der Waals surface area contributed by atoms with Gasteiger partial charge in [-0.25, -0.2) is 4.79 Å². The Kier molecular flexibility index (Phi) is 28.8. The molecular formula is C79H100N22O10. The van der Waals surface area contributed by atoms with Gasteiger partial charge in [0.05, 0.1) is 6.04 Å². The number of aliphatic carboxylic acids is 1. The number of nitrogens with two attached hydrogens (primary N) is 5. The molecule has 9 atom stereocenters. The van der Waals surface area contributed by atoms with Crippen LogP contribution in [0.2, 0.25) is 0 Å². The van der Waals surface area contributed by atoms with Crippen LogP contribution in [0.15, 0.2) is 152 Å². The first-order valence-corrected chi connectivity index (χ1v) is 37.4. The SMILES string of the molecule is N=C(N)NCCC[C@H](NC(=O)[C@H](Cc1c[nH]c2ccccc12)NC(=O)[C@H](Cc1c[nH]c2ccccc12)NC(=O)[C@H](CCCNC(=N)N)NC(=O)[C@H](Cc1c[nH]c2ccccc12)NC(=O)[C@H](Cc1c[nH]c2ccccc12)NC(=O)[C@@H](N)CCCCN)C(=O)N[C@@H](CCCCN)C(=O)N[C@@H](Cc1c[nH]c2ccccc12)C(=O)O. The summed E-state index contributed by atoms with van der Waals surface area (Å²) in [7, 11) is 0. The average molecular weight is 1520 g/mol. The second-order valence-electron chi connectivity index (χ2n) is 27.8. The summed E-state index contributed by atoms with van der Waals surface area (Å²) in [6, 6.07) is 24.1. The van der Waals surface area contributed by atoms with Gasteiger partial charge in [-0.15, -0.1) is 0 Å². The van der Waals surface area contributed by atoms with Crippen LogP contribution in [0.5, 0.6) is 0 Å². The molecule has 0 aliphatic rings. The number of carboxylic acids is 1. The first-order chi connectivity index (χ1) is 53.6. The summed E-state index contributed by atoms with van der Waals surface area (Å²) in [6.07, 6.45) is 10.0. The number of benzene rings is 5. The molecule has 586 valence electrons. The summed E-state index contributed by atoms with van der Waals surface area (Å²) in [5, 5.41) is 58.1. The number of guanidine groups is 2. The molecule has 0 saturated heterocycles. The third-order valence-electron chi connectivity index (χ3n) is 19.8. The molecule has 0 aliphatic heterocycles. The van der Waals surface area contributed by atoms with Gasteiger partial charge in [0, 0.05) is 131 Å². The van der Waals surface area contributed by atoms with Gasteiger partial charge < -0.3 is 112 Å². The molecule has 0 aliphatic carbocycles. The van der Waals surface area contributed by atoms with E-state index in [1.54, 1.807) is 43.1 Å². The lowest BCUT2D eigenvalue weighted by Gasteiger charge is -2.28. The highest BCUT2D eigenvalue weighted by Gasteiger charge is 2.37. The second-order valence-corrected chi connectivity index (χ2v) is 27.8. The number of fused-ring (bicyclic) bond motifs is 5. The zero-order valence-corrected chi connectivity index (χ0v) is 61.6. The van der Waals surface area contributed by atoms with Crippen molar-refractivity contribution in [2.75, 3.05) is 26.2 Å². The Hall–Kier alpha value is -12.6. The molecule has 10 rings (SSSR count). The van der Waals surface area contributed by atoms with Crippen molar-refractivity contribution in [3.8, 4) is 0 Å². The molecule has 0 spiro atoms.